The minimum atomic E-state index is 0.0335. The summed E-state index contributed by atoms with van der Waals surface area (Å²) in [6.07, 6.45) is 8.70. The lowest BCUT2D eigenvalue weighted by molar-refractivity contribution is 0.269. The van der Waals surface area contributed by atoms with Crippen LogP contribution in [0.2, 0.25) is 5.02 Å². The van der Waals surface area contributed by atoms with Crippen molar-refractivity contribution in [1.82, 2.24) is 24.7 Å². The van der Waals surface area contributed by atoms with Crippen LogP contribution >= 0.6 is 11.6 Å². The van der Waals surface area contributed by atoms with Gasteiger partial charge < -0.3 is 20.7 Å². The van der Waals surface area contributed by atoms with Crippen molar-refractivity contribution in [3.8, 4) is 0 Å². The molecule has 0 aliphatic heterocycles. The molecule has 120 valence electrons. The highest BCUT2D eigenvalue weighted by molar-refractivity contribution is 6.32. The number of H-pyrrole nitrogens is 1. The molecule has 3 heterocycles. The number of anilines is 3. The zero-order chi connectivity index (χ0) is 16.1. The van der Waals surface area contributed by atoms with Crippen molar-refractivity contribution < 1.29 is 5.11 Å². The molecule has 4 N–H and O–H groups in total. The molecule has 23 heavy (non-hydrogen) atoms. The van der Waals surface area contributed by atoms with Crippen LogP contribution in [-0.4, -0.2) is 36.4 Å². The standard InChI is InChI=1S/C14H16ClN7O/c15-12-8-18-14(20-11-7-19-22(9-11)3-4-23)21-13(12)17-6-10-1-2-16-5-10/h1-2,5,7-9,16,23H,3-4,6H2,(H2,17,18,20,21). The highest BCUT2D eigenvalue weighted by Crippen LogP contribution is 2.21. The van der Waals surface area contributed by atoms with Crippen LogP contribution in [0.1, 0.15) is 5.56 Å². The molecule has 0 saturated carbocycles. The lowest BCUT2D eigenvalue weighted by Gasteiger charge is -2.08. The van der Waals surface area contributed by atoms with Gasteiger partial charge in [0, 0.05) is 25.1 Å². The normalized spacial score (nSPS) is 10.7. The van der Waals surface area contributed by atoms with Gasteiger partial charge in [0.15, 0.2) is 5.82 Å². The number of aromatic amines is 1. The van der Waals surface area contributed by atoms with Gasteiger partial charge in [-0.1, -0.05) is 11.6 Å². The minimum absolute atomic E-state index is 0.0335. The van der Waals surface area contributed by atoms with Gasteiger partial charge in [0.1, 0.15) is 5.02 Å². The second kappa shape index (κ2) is 7.12. The van der Waals surface area contributed by atoms with Gasteiger partial charge in [0.2, 0.25) is 5.95 Å². The maximum Gasteiger partial charge on any atom is 0.229 e. The third-order valence-corrected chi connectivity index (χ3v) is 3.36. The molecular weight excluding hydrogens is 318 g/mol. The first-order chi connectivity index (χ1) is 11.2. The van der Waals surface area contributed by atoms with Gasteiger partial charge in [-0.15, -0.1) is 0 Å². The molecule has 3 aromatic rings. The molecule has 0 spiro atoms. The van der Waals surface area contributed by atoms with E-state index >= 15 is 0 Å². The number of aliphatic hydroxyl groups excluding tert-OH is 1. The van der Waals surface area contributed by atoms with Crippen molar-refractivity contribution >= 4 is 29.1 Å². The summed E-state index contributed by atoms with van der Waals surface area (Å²) in [7, 11) is 0. The van der Waals surface area contributed by atoms with Gasteiger partial charge in [0.05, 0.1) is 31.2 Å². The van der Waals surface area contributed by atoms with Crippen molar-refractivity contribution in [2.45, 2.75) is 13.1 Å². The van der Waals surface area contributed by atoms with Crippen LogP contribution in [0.5, 0.6) is 0 Å². The van der Waals surface area contributed by atoms with Crippen LogP contribution in [0.3, 0.4) is 0 Å². The number of rotatable bonds is 7. The molecule has 0 aromatic carbocycles. The van der Waals surface area contributed by atoms with Gasteiger partial charge in [-0.3, -0.25) is 4.68 Å². The third kappa shape index (κ3) is 3.99. The van der Waals surface area contributed by atoms with E-state index in [9.17, 15) is 0 Å². The number of hydrogen-bond acceptors (Lipinski definition) is 6. The predicted molar refractivity (Wildman–Crippen MR) is 87.8 cm³/mol. The Morgan fingerprint density at radius 1 is 1.35 bits per heavy atom. The summed E-state index contributed by atoms with van der Waals surface area (Å²) >= 11 is 6.12. The Morgan fingerprint density at radius 3 is 3.04 bits per heavy atom. The topological polar surface area (TPSA) is 104 Å². The van der Waals surface area contributed by atoms with Gasteiger partial charge in [-0.2, -0.15) is 10.1 Å². The van der Waals surface area contributed by atoms with Gasteiger partial charge in [-0.25, -0.2) is 4.98 Å². The second-order valence-electron chi connectivity index (χ2n) is 4.80. The predicted octanol–water partition coefficient (Wildman–Crippen LogP) is 2.00. The van der Waals surface area contributed by atoms with E-state index in [0.29, 0.717) is 29.9 Å². The van der Waals surface area contributed by atoms with E-state index in [4.69, 9.17) is 16.7 Å². The highest BCUT2D eigenvalue weighted by atomic mass is 35.5. The Labute approximate surface area is 137 Å². The molecule has 0 fully saturated rings. The molecule has 0 amide bonds. The minimum Gasteiger partial charge on any atom is -0.394 e. The summed E-state index contributed by atoms with van der Waals surface area (Å²) < 4.78 is 1.63. The Kier molecular flexibility index (Phi) is 4.74. The van der Waals surface area contributed by atoms with Crippen molar-refractivity contribution in [2.75, 3.05) is 17.2 Å². The van der Waals surface area contributed by atoms with Crippen molar-refractivity contribution in [3.05, 3.63) is 47.6 Å². The molecule has 8 nitrogen and oxygen atoms in total. The van der Waals surface area contributed by atoms with E-state index in [1.54, 1.807) is 17.1 Å². The van der Waals surface area contributed by atoms with E-state index in [1.165, 1.54) is 6.20 Å². The average Bonchev–Trinajstić information content (AvgIpc) is 3.20. The van der Waals surface area contributed by atoms with Crippen LogP contribution in [0.25, 0.3) is 0 Å². The summed E-state index contributed by atoms with van der Waals surface area (Å²) in [5.41, 5.74) is 1.83. The van der Waals surface area contributed by atoms with Gasteiger partial charge in [0.25, 0.3) is 0 Å². The number of aromatic nitrogens is 5. The highest BCUT2D eigenvalue weighted by Gasteiger charge is 2.07. The van der Waals surface area contributed by atoms with Crippen LogP contribution in [0, 0.1) is 0 Å². The number of aliphatic hydroxyl groups is 1. The Hall–Kier alpha value is -2.58. The van der Waals surface area contributed by atoms with Crippen molar-refractivity contribution in [3.63, 3.8) is 0 Å². The maximum atomic E-state index is 8.89. The molecule has 0 aliphatic carbocycles. The third-order valence-electron chi connectivity index (χ3n) is 3.08. The zero-order valence-corrected chi connectivity index (χ0v) is 13.0. The van der Waals surface area contributed by atoms with E-state index in [1.807, 2.05) is 18.5 Å². The van der Waals surface area contributed by atoms with Crippen LogP contribution in [0.15, 0.2) is 37.1 Å². The molecular formula is C14H16ClN7O. The first-order valence-corrected chi connectivity index (χ1v) is 7.41. The quantitative estimate of drug-likeness (QED) is 0.527. The SMILES string of the molecule is OCCn1cc(Nc2ncc(Cl)c(NCc3cc[nH]c3)n2)cn1. The molecule has 9 heteroatoms. The first-order valence-electron chi connectivity index (χ1n) is 7.03. The largest absolute Gasteiger partial charge is 0.394 e. The molecule has 0 atom stereocenters. The second-order valence-corrected chi connectivity index (χ2v) is 5.21. The summed E-state index contributed by atoms with van der Waals surface area (Å²) in [4.78, 5) is 11.5. The van der Waals surface area contributed by atoms with E-state index in [-0.39, 0.29) is 6.61 Å². The fourth-order valence-corrected chi connectivity index (χ4v) is 2.15. The molecule has 0 radical (unpaired) electrons. The fourth-order valence-electron chi connectivity index (χ4n) is 1.99. The lowest BCUT2D eigenvalue weighted by atomic mass is 10.3. The van der Waals surface area contributed by atoms with E-state index in [0.717, 1.165) is 11.3 Å². The summed E-state index contributed by atoms with van der Waals surface area (Å²) in [5, 5.41) is 19.7. The van der Waals surface area contributed by atoms with E-state index < -0.39 is 0 Å². The first kappa shape index (κ1) is 15.3. The number of nitrogens with zero attached hydrogens (tertiary/aromatic N) is 4. The summed E-state index contributed by atoms with van der Waals surface area (Å²) in [6, 6.07) is 1.97. The van der Waals surface area contributed by atoms with Crippen LogP contribution in [-0.2, 0) is 13.1 Å². The summed E-state index contributed by atoms with van der Waals surface area (Å²) in [5.74, 6) is 0.961. The Morgan fingerprint density at radius 2 is 2.26 bits per heavy atom. The molecule has 0 aliphatic rings. The number of hydrogen-bond donors (Lipinski definition) is 4. The number of halogens is 1. The molecule has 3 aromatic heterocycles. The summed E-state index contributed by atoms with van der Waals surface area (Å²) in [6.45, 7) is 1.08. The van der Waals surface area contributed by atoms with Crippen LogP contribution in [0.4, 0.5) is 17.5 Å². The van der Waals surface area contributed by atoms with Gasteiger partial charge >= 0.3 is 0 Å². The lowest BCUT2D eigenvalue weighted by Crippen LogP contribution is -2.04. The molecule has 0 unspecified atom stereocenters. The van der Waals surface area contributed by atoms with Crippen molar-refractivity contribution in [2.24, 2.45) is 0 Å². The molecule has 3 rings (SSSR count). The molecule has 0 saturated heterocycles. The number of nitrogens with one attached hydrogen (secondary N) is 3. The van der Waals surface area contributed by atoms with Crippen LogP contribution < -0.4 is 10.6 Å². The monoisotopic (exact) mass is 333 g/mol. The van der Waals surface area contributed by atoms with E-state index in [2.05, 4.69) is 30.7 Å². The maximum absolute atomic E-state index is 8.89. The fraction of sp³-hybridized carbons (Fsp3) is 0.214. The van der Waals surface area contributed by atoms with Crippen molar-refractivity contribution in [1.29, 1.82) is 0 Å². The Bertz CT molecular complexity index is 756. The molecule has 0 bridgehead atoms. The van der Waals surface area contributed by atoms with Gasteiger partial charge in [-0.05, 0) is 11.6 Å². The Balaban J connectivity index is 1.68. The zero-order valence-electron chi connectivity index (χ0n) is 12.2. The smallest absolute Gasteiger partial charge is 0.229 e. The average molecular weight is 334 g/mol.